The van der Waals surface area contributed by atoms with Crippen molar-refractivity contribution in [1.82, 2.24) is 0 Å². The maximum Gasteiger partial charge on any atom is 0.119 e. The fourth-order valence-electron chi connectivity index (χ4n) is 1.51. The van der Waals surface area contributed by atoms with Crippen LogP contribution in [0.3, 0.4) is 0 Å². The number of hydrogen-bond donors (Lipinski definition) is 1. The SMILES string of the molecule is CSc1ccc(OCCCC(C)(C)CN)cc1. The first-order valence-electron chi connectivity index (χ1n) is 6.04. The normalized spacial score (nSPS) is 11.5. The van der Waals surface area contributed by atoms with Crippen LogP contribution in [0.15, 0.2) is 29.2 Å². The van der Waals surface area contributed by atoms with Crippen LogP contribution in [0, 0.1) is 5.41 Å². The summed E-state index contributed by atoms with van der Waals surface area (Å²) in [6.45, 7) is 5.89. The molecule has 0 heterocycles. The molecule has 0 spiro atoms. The van der Waals surface area contributed by atoms with E-state index in [0.717, 1.165) is 31.7 Å². The van der Waals surface area contributed by atoms with Crippen LogP contribution < -0.4 is 10.5 Å². The molecule has 0 saturated carbocycles. The lowest BCUT2D eigenvalue weighted by molar-refractivity contribution is 0.261. The van der Waals surface area contributed by atoms with Gasteiger partial charge in [-0.1, -0.05) is 13.8 Å². The largest absolute Gasteiger partial charge is 0.494 e. The summed E-state index contributed by atoms with van der Waals surface area (Å²) >= 11 is 1.74. The van der Waals surface area contributed by atoms with Gasteiger partial charge in [0.15, 0.2) is 0 Å². The molecule has 0 saturated heterocycles. The summed E-state index contributed by atoms with van der Waals surface area (Å²) in [7, 11) is 0. The van der Waals surface area contributed by atoms with E-state index in [9.17, 15) is 0 Å². The van der Waals surface area contributed by atoms with Crippen molar-refractivity contribution >= 4 is 11.8 Å². The van der Waals surface area contributed by atoms with Gasteiger partial charge in [0, 0.05) is 4.90 Å². The predicted molar refractivity (Wildman–Crippen MR) is 75.8 cm³/mol. The number of ether oxygens (including phenoxy) is 1. The van der Waals surface area contributed by atoms with E-state index < -0.39 is 0 Å². The Morgan fingerprint density at radius 1 is 1.24 bits per heavy atom. The summed E-state index contributed by atoms with van der Waals surface area (Å²) in [5, 5.41) is 0. The van der Waals surface area contributed by atoms with E-state index in [4.69, 9.17) is 10.5 Å². The van der Waals surface area contributed by atoms with Crippen molar-refractivity contribution in [3.8, 4) is 5.75 Å². The Balaban J connectivity index is 2.26. The molecule has 1 aromatic carbocycles. The Morgan fingerprint density at radius 3 is 2.41 bits per heavy atom. The standard InChI is InChI=1S/C14H23NOS/c1-14(2,11-15)9-4-10-16-12-5-7-13(17-3)8-6-12/h5-8H,4,9-11,15H2,1-3H3. The summed E-state index contributed by atoms with van der Waals surface area (Å²) in [6, 6.07) is 8.23. The van der Waals surface area contributed by atoms with Crippen molar-refractivity contribution in [2.45, 2.75) is 31.6 Å². The molecule has 0 radical (unpaired) electrons. The average Bonchev–Trinajstić information content (AvgIpc) is 2.35. The molecular formula is C14H23NOS. The van der Waals surface area contributed by atoms with Crippen LogP contribution in [0.2, 0.25) is 0 Å². The second-order valence-electron chi connectivity index (χ2n) is 5.00. The Hall–Kier alpha value is -0.670. The van der Waals surface area contributed by atoms with Crippen molar-refractivity contribution in [3.63, 3.8) is 0 Å². The summed E-state index contributed by atoms with van der Waals surface area (Å²) in [6.07, 6.45) is 4.23. The molecule has 2 N–H and O–H groups in total. The molecule has 96 valence electrons. The molecule has 0 bridgehead atoms. The van der Waals surface area contributed by atoms with Gasteiger partial charge in [0.05, 0.1) is 6.61 Å². The third-order valence-electron chi connectivity index (χ3n) is 2.88. The summed E-state index contributed by atoms with van der Waals surface area (Å²) in [4.78, 5) is 1.27. The van der Waals surface area contributed by atoms with Crippen LogP contribution in [0.5, 0.6) is 5.75 Å². The van der Waals surface area contributed by atoms with Crippen LogP contribution in [0.25, 0.3) is 0 Å². The van der Waals surface area contributed by atoms with Crippen molar-refractivity contribution in [1.29, 1.82) is 0 Å². The molecule has 0 aliphatic carbocycles. The smallest absolute Gasteiger partial charge is 0.119 e. The molecular weight excluding hydrogens is 230 g/mol. The zero-order chi connectivity index (χ0) is 12.7. The molecule has 1 rings (SSSR count). The fraction of sp³-hybridized carbons (Fsp3) is 0.571. The van der Waals surface area contributed by atoms with Gasteiger partial charge in [-0.05, 0) is 55.3 Å². The minimum Gasteiger partial charge on any atom is -0.494 e. The van der Waals surface area contributed by atoms with E-state index in [1.807, 2.05) is 12.1 Å². The molecule has 0 aliphatic rings. The molecule has 0 fully saturated rings. The van der Waals surface area contributed by atoms with Gasteiger partial charge in [-0.3, -0.25) is 0 Å². The first-order valence-corrected chi connectivity index (χ1v) is 7.27. The van der Waals surface area contributed by atoms with Crippen molar-refractivity contribution < 1.29 is 4.74 Å². The molecule has 0 aromatic heterocycles. The minimum absolute atomic E-state index is 0.228. The number of rotatable bonds is 7. The summed E-state index contributed by atoms with van der Waals surface area (Å²) in [5.74, 6) is 0.952. The number of hydrogen-bond acceptors (Lipinski definition) is 3. The lowest BCUT2D eigenvalue weighted by Crippen LogP contribution is -2.23. The van der Waals surface area contributed by atoms with Gasteiger partial charge in [0.1, 0.15) is 5.75 Å². The van der Waals surface area contributed by atoms with E-state index in [-0.39, 0.29) is 5.41 Å². The predicted octanol–water partition coefficient (Wildman–Crippen LogP) is 3.55. The highest BCUT2D eigenvalue weighted by Crippen LogP contribution is 2.22. The topological polar surface area (TPSA) is 35.2 Å². The summed E-state index contributed by atoms with van der Waals surface area (Å²) in [5.41, 5.74) is 5.92. The minimum atomic E-state index is 0.228. The maximum absolute atomic E-state index is 5.70. The van der Waals surface area contributed by atoms with Crippen LogP contribution in [0.1, 0.15) is 26.7 Å². The Morgan fingerprint density at radius 2 is 1.88 bits per heavy atom. The second kappa shape index (κ2) is 6.92. The molecule has 1 aromatic rings. The molecule has 2 nitrogen and oxygen atoms in total. The molecule has 0 amide bonds. The first-order chi connectivity index (χ1) is 8.07. The van der Waals surface area contributed by atoms with Gasteiger partial charge < -0.3 is 10.5 Å². The molecule has 3 heteroatoms. The maximum atomic E-state index is 5.70. The highest BCUT2D eigenvalue weighted by molar-refractivity contribution is 7.98. The molecule has 0 atom stereocenters. The molecule has 0 aliphatic heterocycles. The lowest BCUT2D eigenvalue weighted by Gasteiger charge is -2.21. The highest BCUT2D eigenvalue weighted by Gasteiger charge is 2.14. The third-order valence-corrected chi connectivity index (χ3v) is 3.62. The lowest BCUT2D eigenvalue weighted by atomic mass is 9.88. The number of thioether (sulfide) groups is 1. The van der Waals surface area contributed by atoms with Gasteiger partial charge in [-0.15, -0.1) is 11.8 Å². The Bertz CT molecular complexity index is 321. The second-order valence-corrected chi connectivity index (χ2v) is 5.88. The number of benzene rings is 1. The number of nitrogens with two attached hydrogens (primary N) is 1. The average molecular weight is 253 g/mol. The van der Waals surface area contributed by atoms with Crippen LogP contribution in [0.4, 0.5) is 0 Å². The summed E-state index contributed by atoms with van der Waals surface area (Å²) < 4.78 is 5.70. The van der Waals surface area contributed by atoms with Gasteiger partial charge in [0.2, 0.25) is 0 Å². The van der Waals surface area contributed by atoms with Gasteiger partial charge in [-0.25, -0.2) is 0 Å². The van der Waals surface area contributed by atoms with Gasteiger partial charge in [0.25, 0.3) is 0 Å². The molecule has 17 heavy (non-hydrogen) atoms. The quantitative estimate of drug-likeness (QED) is 0.596. The van der Waals surface area contributed by atoms with E-state index >= 15 is 0 Å². The van der Waals surface area contributed by atoms with Crippen LogP contribution >= 0.6 is 11.8 Å². The van der Waals surface area contributed by atoms with Gasteiger partial charge >= 0.3 is 0 Å². The third kappa shape index (κ3) is 5.46. The van der Waals surface area contributed by atoms with Crippen molar-refractivity contribution in [2.24, 2.45) is 11.1 Å². The zero-order valence-electron chi connectivity index (χ0n) is 11.0. The van der Waals surface area contributed by atoms with E-state index in [1.54, 1.807) is 11.8 Å². The molecule has 0 unspecified atom stereocenters. The Labute approximate surface area is 109 Å². The van der Waals surface area contributed by atoms with Crippen molar-refractivity contribution in [3.05, 3.63) is 24.3 Å². The van der Waals surface area contributed by atoms with E-state index in [1.165, 1.54) is 4.90 Å². The van der Waals surface area contributed by atoms with Crippen LogP contribution in [-0.4, -0.2) is 19.4 Å². The van der Waals surface area contributed by atoms with E-state index in [2.05, 4.69) is 32.2 Å². The monoisotopic (exact) mass is 253 g/mol. The zero-order valence-corrected chi connectivity index (χ0v) is 11.8. The Kier molecular flexibility index (Phi) is 5.86. The fourth-order valence-corrected chi connectivity index (χ4v) is 1.92. The van der Waals surface area contributed by atoms with Crippen LogP contribution in [-0.2, 0) is 0 Å². The van der Waals surface area contributed by atoms with E-state index in [0.29, 0.717) is 0 Å². The van der Waals surface area contributed by atoms with Gasteiger partial charge in [-0.2, -0.15) is 0 Å². The first kappa shape index (κ1) is 14.4. The van der Waals surface area contributed by atoms with Crippen molar-refractivity contribution in [2.75, 3.05) is 19.4 Å². The highest BCUT2D eigenvalue weighted by atomic mass is 32.2.